The molecule has 0 spiro atoms. The third-order valence-corrected chi connectivity index (χ3v) is 4.30. The molecule has 4 nitrogen and oxygen atoms in total. The first-order valence-electron chi connectivity index (χ1n) is 8.04. The molecule has 0 saturated heterocycles. The van der Waals surface area contributed by atoms with E-state index in [1.54, 1.807) is 6.07 Å². The van der Waals surface area contributed by atoms with Gasteiger partial charge in [-0.15, -0.1) is 0 Å². The SMILES string of the molecule is CN(C)CCCN[C@H]1CCC[C@@H](Oc2cccc(Cl)c2)[C@@H]1O. The molecular formula is C17H27ClN2O2. The molecule has 1 aliphatic carbocycles. The van der Waals surface area contributed by atoms with Crippen LogP contribution in [0, 0.1) is 0 Å². The summed E-state index contributed by atoms with van der Waals surface area (Å²) >= 11 is 5.98. The van der Waals surface area contributed by atoms with E-state index in [1.807, 2.05) is 18.2 Å². The first-order chi connectivity index (χ1) is 10.6. The van der Waals surface area contributed by atoms with Crippen LogP contribution in [0.15, 0.2) is 24.3 Å². The number of ether oxygens (including phenoxy) is 1. The minimum atomic E-state index is -0.480. The molecule has 124 valence electrons. The fourth-order valence-electron chi connectivity index (χ4n) is 2.89. The van der Waals surface area contributed by atoms with E-state index < -0.39 is 6.10 Å². The summed E-state index contributed by atoms with van der Waals surface area (Å²) in [6.07, 6.45) is 3.37. The summed E-state index contributed by atoms with van der Waals surface area (Å²) in [5, 5.41) is 14.7. The third-order valence-electron chi connectivity index (χ3n) is 4.07. The maximum absolute atomic E-state index is 10.5. The molecule has 1 aromatic carbocycles. The minimum Gasteiger partial charge on any atom is -0.488 e. The van der Waals surface area contributed by atoms with Crippen LogP contribution in [0.4, 0.5) is 0 Å². The van der Waals surface area contributed by atoms with Crippen LogP contribution in [0.5, 0.6) is 5.75 Å². The molecule has 0 amide bonds. The van der Waals surface area contributed by atoms with Gasteiger partial charge in [-0.05, 0) is 71.1 Å². The molecule has 0 heterocycles. The third kappa shape index (κ3) is 5.43. The summed E-state index contributed by atoms with van der Waals surface area (Å²) < 4.78 is 5.94. The quantitative estimate of drug-likeness (QED) is 0.756. The Labute approximate surface area is 138 Å². The molecule has 0 aromatic heterocycles. The highest BCUT2D eigenvalue weighted by atomic mass is 35.5. The number of hydrogen-bond donors (Lipinski definition) is 2. The van der Waals surface area contributed by atoms with Gasteiger partial charge in [-0.2, -0.15) is 0 Å². The molecule has 1 aliphatic rings. The molecule has 3 atom stereocenters. The van der Waals surface area contributed by atoms with Crippen molar-refractivity contribution in [3.05, 3.63) is 29.3 Å². The Morgan fingerprint density at radius 2 is 2.18 bits per heavy atom. The highest BCUT2D eigenvalue weighted by Crippen LogP contribution is 2.26. The van der Waals surface area contributed by atoms with Crippen LogP contribution in [0.1, 0.15) is 25.7 Å². The Hall–Kier alpha value is -0.810. The van der Waals surface area contributed by atoms with E-state index in [4.69, 9.17) is 16.3 Å². The second kappa shape index (κ2) is 8.73. The molecule has 0 radical (unpaired) electrons. The lowest BCUT2D eigenvalue weighted by molar-refractivity contribution is -0.0153. The van der Waals surface area contributed by atoms with Crippen molar-refractivity contribution in [3.8, 4) is 5.75 Å². The van der Waals surface area contributed by atoms with E-state index in [2.05, 4.69) is 24.3 Å². The van der Waals surface area contributed by atoms with Gasteiger partial charge in [-0.25, -0.2) is 0 Å². The average Bonchev–Trinajstić information content (AvgIpc) is 2.47. The number of aliphatic hydroxyl groups is 1. The van der Waals surface area contributed by atoms with Crippen LogP contribution >= 0.6 is 11.6 Å². The monoisotopic (exact) mass is 326 g/mol. The van der Waals surface area contributed by atoms with E-state index in [9.17, 15) is 5.11 Å². The Morgan fingerprint density at radius 3 is 2.91 bits per heavy atom. The predicted octanol–water partition coefficient (Wildman–Crippen LogP) is 2.54. The summed E-state index contributed by atoms with van der Waals surface area (Å²) in [5.74, 6) is 0.727. The standard InChI is InChI=1S/C17H27ClN2O2/c1-20(2)11-5-10-19-15-8-4-9-16(17(15)21)22-14-7-3-6-13(18)12-14/h3,6-7,12,15-17,19,21H,4-5,8-11H2,1-2H3/t15-,16+,17+/m0/s1. The van der Waals surface area contributed by atoms with Gasteiger partial charge >= 0.3 is 0 Å². The van der Waals surface area contributed by atoms with E-state index >= 15 is 0 Å². The van der Waals surface area contributed by atoms with E-state index in [1.165, 1.54) is 0 Å². The van der Waals surface area contributed by atoms with Gasteiger partial charge in [0.25, 0.3) is 0 Å². The summed E-state index contributed by atoms with van der Waals surface area (Å²) in [6, 6.07) is 7.47. The van der Waals surface area contributed by atoms with Gasteiger partial charge < -0.3 is 20.1 Å². The summed E-state index contributed by atoms with van der Waals surface area (Å²) in [4.78, 5) is 2.17. The van der Waals surface area contributed by atoms with Crippen LogP contribution in [0.3, 0.4) is 0 Å². The number of halogens is 1. The Kier molecular flexibility index (Phi) is 6.96. The lowest BCUT2D eigenvalue weighted by Gasteiger charge is -2.35. The predicted molar refractivity (Wildman–Crippen MR) is 90.7 cm³/mol. The molecule has 2 N–H and O–H groups in total. The van der Waals surface area contributed by atoms with Crippen molar-refractivity contribution in [2.24, 2.45) is 0 Å². The van der Waals surface area contributed by atoms with Crippen LogP contribution in [0.2, 0.25) is 5.02 Å². The topological polar surface area (TPSA) is 44.7 Å². The maximum atomic E-state index is 10.5. The molecule has 1 aromatic rings. The second-order valence-corrected chi connectivity index (χ2v) is 6.69. The summed E-state index contributed by atoms with van der Waals surface area (Å²) in [6.45, 7) is 1.97. The van der Waals surface area contributed by atoms with E-state index in [0.29, 0.717) is 5.02 Å². The Balaban J connectivity index is 1.83. The highest BCUT2D eigenvalue weighted by molar-refractivity contribution is 6.30. The van der Waals surface area contributed by atoms with Crippen LogP contribution in [-0.4, -0.2) is 55.4 Å². The number of aliphatic hydroxyl groups excluding tert-OH is 1. The molecule has 1 saturated carbocycles. The van der Waals surface area contributed by atoms with Gasteiger partial charge in [0.1, 0.15) is 18.0 Å². The van der Waals surface area contributed by atoms with Crippen molar-refractivity contribution >= 4 is 11.6 Å². The van der Waals surface area contributed by atoms with Crippen molar-refractivity contribution in [3.63, 3.8) is 0 Å². The number of hydrogen-bond acceptors (Lipinski definition) is 4. The molecule has 0 unspecified atom stereocenters. The molecule has 22 heavy (non-hydrogen) atoms. The molecule has 0 aliphatic heterocycles. The molecule has 0 bridgehead atoms. The maximum Gasteiger partial charge on any atom is 0.126 e. The zero-order valence-electron chi connectivity index (χ0n) is 13.5. The summed E-state index contributed by atoms with van der Waals surface area (Å²) in [7, 11) is 4.15. The lowest BCUT2D eigenvalue weighted by atomic mass is 9.89. The largest absolute Gasteiger partial charge is 0.488 e. The Bertz CT molecular complexity index is 456. The highest BCUT2D eigenvalue weighted by Gasteiger charge is 2.32. The van der Waals surface area contributed by atoms with E-state index in [0.717, 1.165) is 44.5 Å². The zero-order valence-corrected chi connectivity index (χ0v) is 14.2. The average molecular weight is 327 g/mol. The number of benzene rings is 1. The van der Waals surface area contributed by atoms with Crippen molar-refractivity contribution in [1.29, 1.82) is 0 Å². The lowest BCUT2D eigenvalue weighted by Crippen LogP contribution is -2.51. The molecule has 2 rings (SSSR count). The first kappa shape index (κ1) is 17.5. The zero-order chi connectivity index (χ0) is 15.9. The first-order valence-corrected chi connectivity index (χ1v) is 8.42. The van der Waals surface area contributed by atoms with Gasteiger partial charge in [0.05, 0.1) is 0 Å². The second-order valence-electron chi connectivity index (χ2n) is 6.25. The smallest absolute Gasteiger partial charge is 0.126 e. The fraction of sp³-hybridized carbons (Fsp3) is 0.647. The van der Waals surface area contributed by atoms with Crippen molar-refractivity contribution in [2.75, 3.05) is 27.2 Å². The van der Waals surface area contributed by atoms with Crippen LogP contribution in [-0.2, 0) is 0 Å². The van der Waals surface area contributed by atoms with Crippen LogP contribution in [0.25, 0.3) is 0 Å². The van der Waals surface area contributed by atoms with Gasteiger partial charge in [-0.1, -0.05) is 17.7 Å². The van der Waals surface area contributed by atoms with Crippen molar-refractivity contribution in [1.82, 2.24) is 10.2 Å². The van der Waals surface area contributed by atoms with E-state index in [-0.39, 0.29) is 12.1 Å². The number of nitrogens with one attached hydrogen (secondary N) is 1. The van der Waals surface area contributed by atoms with Gasteiger partial charge in [0.15, 0.2) is 0 Å². The van der Waals surface area contributed by atoms with Gasteiger partial charge in [-0.3, -0.25) is 0 Å². The van der Waals surface area contributed by atoms with Gasteiger partial charge in [0.2, 0.25) is 0 Å². The van der Waals surface area contributed by atoms with Gasteiger partial charge in [0, 0.05) is 11.1 Å². The molecular weight excluding hydrogens is 300 g/mol. The Morgan fingerprint density at radius 1 is 1.36 bits per heavy atom. The normalized spacial score (nSPS) is 25.4. The number of nitrogens with zero attached hydrogens (tertiary/aromatic N) is 1. The fourth-order valence-corrected chi connectivity index (χ4v) is 3.07. The van der Waals surface area contributed by atoms with Crippen LogP contribution < -0.4 is 10.1 Å². The molecule has 5 heteroatoms. The van der Waals surface area contributed by atoms with Crippen molar-refractivity contribution < 1.29 is 9.84 Å². The van der Waals surface area contributed by atoms with Crippen molar-refractivity contribution in [2.45, 2.75) is 43.9 Å². The summed E-state index contributed by atoms with van der Waals surface area (Å²) in [5.41, 5.74) is 0. The number of rotatable bonds is 7. The molecule has 1 fully saturated rings. The minimum absolute atomic E-state index is 0.111.